The highest BCUT2D eigenvalue weighted by molar-refractivity contribution is 5.81. The summed E-state index contributed by atoms with van der Waals surface area (Å²) in [6.45, 7) is 5.66. The van der Waals surface area contributed by atoms with Crippen molar-refractivity contribution in [2.75, 3.05) is 33.4 Å². The Bertz CT molecular complexity index is 1010. The first-order valence-electron chi connectivity index (χ1n) is 11.4. The van der Waals surface area contributed by atoms with E-state index in [1.165, 1.54) is 10.7 Å². The normalized spacial score (nSPS) is 14.9. The van der Waals surface area contributed by atoms with E-state index in [9.17, 15) is 22.8 Å². The quantitative estimate of drug-likeness (QED) is 0.588. The molecular formula is C24H31F3N4O3. The van der Waals surface area contributed by atoms with Crippen LogP contribution in [0.25, 0.3) is 5.69 Å². The van der Waals surface area contributed by atoms with Crippen molar-refractivity contribution in [3.63, 3.8) is 0 Å². The molecule has 0 unspecified atom stereocenters. The number of benzene rings is 1. The number of nitrogens with zero attached hydrogens (tertiary/aromatic N) is 3. The highest BCUT2D eigenvalue weighted by Gasteiger charge is 2.31. The van der Waals surface area contributed by atoms with Gasteiger partial charge in [-0.3, -0.25) is 9.59 Å². The molecule has 1 aliphatic heterocycles. The van der Waals surface area contributed by atoms with Crippen LogP contribution in [0.15, 0.2) is 24.3 Å². The first kappa shape index (κ1) is 25.7. The molecule has 34 heavy (non-hydrogen) atoms. The number of aromatic nitrogens is 2. The molecule has 0 spiro atoms. The first-order valence-corrected chi connectivity index (χ1v) is 11.4. The third-order valence-electron chi connectivity index (χ3n) is 6.23. The summed E-state index contributed by atoms with van der Waals surface area (Å²) in [5, 5.41) is 7.31. The van der Waals surface area contributed by atoms with E-state index in [0.29, 0.717) is 61.7 Å². The number of carbonyl (C=O) groups is 2. The second-order valence-corrected chi connectivity index (χ2v) is 8.58. The van der Waals surface area contributed by atoms with Crippen LogP contribution in [0.1, 0.15) is 41.8 Å². The fourth-order valence-electron chi connectivity index (χ4n) is 4.22. The van der Waals surface area contributed by atoms with Gasteiger partial charge in [-0.1, -0.05) is 6.07 Å². The molecule has 0 radical (unpaired) electrons. The lowest BCUT2D eigenvalue weighted by molar-refractivity contribution is -0.137. The predicted octanol–water partition coefficient (Wildman–Crippen LogP) is 3.44. The lowest BCUT2D eigenvalue weighted by Gasteiger charge is -2.31. The molecule has 186 valence electrons. The molecule has 0 atom stereocenters. The Morgan fingerprint density at radius 3 is 2.56 bits per heavy atom. The van der Waals surface area contributed by atoms with Crippen molar-refractivity contribution >= 4 is 11.8 Å². The van der Waals surface area contributed by atoms with Gasteiger partial charge < -0.3 is 15.0 Å². The monoisotopic (exact) mass is 480 g/mol. The second kappa shape index (κ2) is 11.0. The minimum Gasteiger partial charge on any atom is -0.385 e. The van der Waals surface area contributed by atoms with E-state index in [0.717, 1.165) is 18.6 Å². The number of carbonyl (C=O) groups excluding carboxylic acids is 2. The zero-order valence-electron chi connectivity index (χ0n) is 19.7. The number of aryl methyl sites for hydroxylation is 1. The maximum absolute atomic E-state index is 13.1. The topological polar surface area (TPSA) is 76.5 Å². The smallest absolute Gasteiger partial charge is 0.385 e. The molecule has 0 saturated carbocycles. The molecule has 1 aromatic heterocycles. The molecule has 1 aromatic carbocycles. The van der Waals surface area contributed by atoms with E-state index in [2.05, 4.69) is 10.4 Å². The lowest BCUT2D eigenvalue weighted by atomic mass is 9.95. The van der Waals surface area contributed by atoms with Crippen LogP contribution in [0.2, 0.25) is 0 Å². The van der Waals surface area contributed by atoms with E-state index in [-0.39, 0.29) is 24.2 Å². The number of piperidine rings is 1. The Morgan fingerprint density at radius 1 is 1.21 bits per heavy atom. The largest absolute Gasteiger partial charge is 0.416 e. The van der Waals surface area contributed by atoms with E-state index in [4.69, 9.17) is 4.74 Å². The first-order chi connectivity index (χ1) is 16.1. The van der Waals surface area contributed by atoms with Gasteiger partial charge in [0.05, 0.1) is 23.4 Å². The van der Waals surface area contributed by atoms with Crippen molar-refractivity contribution in [1.29, 1.82) is 0 Å². The average Bonchev–Trinajstić information content (AvgIpc) is 3.09. The maximum Gasteiger partial charge on any atom is 0.416 e. The third kappa shape index (κ3) is 6.16. The van der Waals surface area contributed by atoms with Gasteiger partial charge in [0, 0.05) is 50.5 Å². The van der Waals surface area contributed by atoms with Gasteiger partial charge in [0.2, 0.25) is 11.8 Å². The number of ether oxygens (including phenoxy) is 1. The molecule has 3 rings (SSSR count). The van der Waals surface area contributed by atoms with Crippen LogP contribution in [0.3, 0.4) is 0 Å². The molecule has 2 aromatic rings. The summed E-state index contributed by atoms with van der Waals surface area (Å²) in [5.41, 5.74) is 1.50. The van der Waals surface area contributed by atoms with Gasteiger partial charge in [-0.05, 0) is 51.3 Å². The van der Waals surface area contributed by atoms with E-state index >= 15 is 0 Å². The van der Waals surface area contributed by atoms with Crippen LogP contribution < -0.4 is 5.32 Å². The number of alkyl halides is 3. The lowest BCUT2D eigenvalue weighted by Crippen LogP contribution is -2.43. The number of hydrogen-bond acceptors (Lipinski definition) is 4. The second-order valence-electron chi connectivity index (χ2n) is 8.58. The number of hydrogen-bond donors (Lipinski definition) is 1. The van der Waals surface area contributed by atoms with Gasteiger partial charge in [-0.2, -0.15) is 18.3 Å². The number of methoxy groups -OCH3 is 1. The fraction of sp³-hybridized carbons (Fsp3) is 0.542. The molecule has 1 saturated heterocycles. The van der Waals surface area contributed by atoms with Gasteiger partial charge in [-0.25, -0.2) is 4.68 Å². The van der Waals surface area contributed by atoms with Crippen molar-refractivity contribution < 1.29 is 27.5 Å². The Morgan fingerprint density at radius 2 is 1.91 bits per heavy atom. The third-order valence-corrected chi connectivity index (χ3v) is 6.23. The number of rotatable bonds is 8. The summed E-state index contributed by atoms with van der Waals surface area (Å²) in [4.78, 5) is 27.0. The van der Waals surface area contributed by atoms with Gasteiger partial charge in [0.1, 0.15) is 0 Å². The zero-order chi connectivity index (χ0) is 24.9. The van der Waals surface area contributed by atoms with Gasteiger partial charge in [0.25, 0.3) is 0 Å². The van der Waals surface area contributed by atoms with Crippen LogP contribution >= 0.6 is 0 Å². The van der Waals surface area contributed by atoms with E-state index in [1.54, 1.807) is 31.9 Å². The molecule has 2 heterocycles. The predicted molar refractivity (Wildman–Crippen MR) is 121 cm³/mol. The van der Waals surface area contributed by atoms with Gasteiger partial charge in [-0.15, -0.1) is 0 Å². The average molecular weight is 481 g/mol. The van der Waals surface area contributed by atoms with Crippen molar-refractivity contribution in [2.24, 2.45) is 5.92 Å². The number of halogens is 3. The molecule has 1 aliphatic rings. The molecule has 0 aliphatic carbocycles. The SMILES string of the molecule is COCCCNC(=O)C1CCN(C(=O)Cc2c(C)nn(-c3cccc(C(F)(F)F)c3)c2C)CC1. The van der Waals surface area contributed by atoms with Crippen molar-refractivity contribution in [1.82, 2.24) is 20.0 Å². The Hall–Kier alpha value is -2.88. The highest BCUT2D eigenvalue weighted by Crippen LogP contribution is 2.31. The summed E-state index contributed by atoms with van der Waals surface area (Å²) >= 11 is 0. The minimum atomic E-state index is -4.45. The van der Waals surface area contributed by atoms with Crippen LogP contribution in [-0.4, -0.2) is 59.8 Å². The van der Waals surface area contributed by atoms with E-state index in [1.807, 2.05) is 0 Å². The Balaban J connectivity index is 1.61. The zero-order valence-corrected chi connectivity index (χ0v) is 19.7. The van der Waals surface area contributed by atoms with Crippen LogP contribution in [0.4, 0.5) is 13.2 Å². The Labute approximate surface area is 197 Å². The van der Waals surface area contributed by atoms with Crippen molar-refractivity contribution in [2.45, 2.75) is 45.7 Å². The molecular weight excluding hydrogens is 449 g/mol. The van der Waals surface area contributed by atoms with Crippen molar-refractivity contribution in [3.05, 3.63) is 46.8 Å². The highest BCUT2D eigenvalue weighted by atomic mass is 19.4. The molecule has 10 heteroatoms. The molecule has 1 fully saturated rings. The summed E-state index contributed by atoms with van der Waals surface area (Å²) in [7, 11) is 1.62. The molecule has 1 N–H and O–H groups in total. The number of amides is 2. The summed E-state index contributed by atoms with van der Waals surface area (Å²) in [6, 6.07) is 4.97. The molecule has 2 amide bonds. The van der Waals surface area contributed by atoms with Gasteiger partial charge in [0.15, 0.2) is 0 Å². The van der Waals surface area contributed by atoms with Crippen LogP contribution in [-0.2, 0) is 26.9 Å². The van der Waals surface area contributed by atoms with E-state index < -0.39 is 11.7 Å². The summed E-state index contributed by atoms with van der Waals surface area (Å²) < 4.78 is 45.7. The minimum absolute atomic E-state index is 0.0113. The Kier molecular flexibility index (Phi) is 8.35. The summed E-state index contributed by atoms with van der Waals surface area (Å²) in [6.07, 6.45) is -2.37. The van der Waals surface area contributed by atoms with Crippen molar-refractivity contribution in [3.8, 4) is 5.69 Å². The maximum atomic E-state index is 13.1. The van der Waals surface area contributed by atoms with Gasteiger partial charge >= 0.3 is 6.18 Å². The van der Waals surface area contributed by atoms with Crippen LogP contribution in [0, 0.1) is 19.8 Å². The fourth-order valence-corrected chi connectivity index (χ4v) is 4.22. The number of nitrogens with one attached hydrogen (secondary N) is 1. The molecule has 7 nitrogen and oxygen atoms in total. The van der Waals surface area contributed by atoms with Crippen LogP contribution in [0.5, 0.6) is 0 Å². The standard InChI is InChI=1S/C24H31F3N4O3/c1-16-21(17(2)31(29-16)20-7-4-6-19(14-20)24(25,26)27)15-22(32)30-11-8-18(9-12-30)23(33)28-10-5-13-34-3/h4,6-7,14,18H,5,8-13,15H2,1-3H3,(H,28,33). The number of likely N-dealkylation sites (tertiary alicyclic amines) is 1. The molecule has 0 bridgehead atoms. The summed E-state index contributed by atoms with van der Waals surface area (Å²) in [5.74, 6) is -0.176.